The number of hydrogen-bond donors (Lipinski definition) is 2. The van der Waals surface area contributed by atoms with E-state index in [9.17, 15) is 0 Å². The van der Waals surface area contributed by atoms with Crippen molar-refractivity contribution >= 4 is 11.6 Å². The number of aromatic nitrogens is 2. The maximum atomic E-state index is 5.54. The van der Waals surface area contributed by atoms with Crippen LogP contribution >= 0.6 is 0 Å². The molecule has 1 heterocycles. The Balaban J connectivity index is 1.84. The van der Waals surface area contributed by atoms with Crippen LogP contribution in [0, 0.1) is 5.92 Å². The highest BCUT2D eigenvalue weighted by Gasteiger charge is 2.20. The Morgan fingerprint density at radius 1 is 1.25 bits per heavy atom. The van der Waals surface area contributed by atoms with Crippen LogP contribution in [0.4, 0.5) is 11.6 Å². The van der Waals surface area contributed by atoms with Crippen LogP contribution in [0.15, 0.2) is 12.4 Å². The molecule has 1 aliphatic rings. The Kier molecular flexibility index (Phi) is 3.59. The standard InChI is InChI=1S/C12H20N4/c1-2-9-3-5-11(6-4-9)16-12-14-7-10(13)8-15-12/h7-9,11H,2-6,13H2,1H3,(H,14,15,16). The second kappa shape index (κ2) is 5.14. The van der Waals surface area contributed by atoms with Crippen molar-refractivity contribution in [3.05, 3.63) is 12.4 Å². The van der Waals surface area contributed by atoms with Crippen molar-refractivity contribution in [3.63, 3.8) is 0 Å². The van der Waals surface area contributed by atoms with E-state index in [2.05, 4.69) is 22.2 Å². The van der Waals surface area contributed by atoms with Crippen molar-refractivity contribution in [1.82, 2.24) is 9.97 Å². The monoisotopic (exact) mass is 220 g/mol. The summed E-state index contributed by atoms with van der Waals surface area (Å²) in [5.41, 5.74) is 6.15. The quantitative estimate of drug-likeness (QED) is 0.821. The van der Waals surface area contributed by atoms with Gasteiger partial charge in [0.25, 0.3) is 0 Å². The molecule has 0 unspecified atom stereocenters. The van der Waals surface area contributed by atoms with Crippen LogP contribution in [0.25, 0.3) is 0 Å². The minimum Gasteiger partial charge on any atom is -0.396 e. The SMILES string of the molecule is CCC1CCC(Nc2ncc(N)cn2)CC1. The molecule has 0 atom stereocenters. The molecule has 4 heteroatoms. The van der Waals surface area contributed by atoms with Gasteiger partial charge < -0.3 is 11.1 Å². The second-order valence-corrected chi connectivity index (χ2v) is 4.61. The first-order valence-electron chi connectivity index (χ1n) is 6.12. The molecule has 1 aromatic rings. The molecule has 4 nitrogen and oxygen atoms in total. The Morgan fingerprint density at radius 3 is 2.44 bits per heavy atom. The Bertz CT molecular complexity index is 314. The van der Waals surface area contributed by atoms with Gasteiger partial charge in [-0.1, -0.05) is 13.3 Å². The zero-order valence-electron chi connectivity index (χ0n) is 9.82. The highest BCUT2D eigenvalue weighted by Crippen LogP contribution is 2.27. The molecule has 3 N–H and O–H groups in total. The summed E-state index contributed by atoms with van der Waals surface area (Å²) < 4.78 is 0. The molecule has 0 aliphatic heterocycles. The number of hydrogen-bond acceptors (Lipinski definition) is 4. The van der Waals surface area contributed by atoms with E-state index in [0.29, 0.717) is 17.7 Å². The maximum absolute atomic E-state index is 5.54. The second-order valence-electron chi connectivity index (χ2n) is 4.61. The number of nitrogens with two attached hydrogens (primary N) is 1. The fourth-order valence-corrected chi connectivity index (χ4v) is 2.31. The molecule has 1 saturated carbocycles. The number of nitrogens with zero attached hydrogens (tertiary/aromatic N) is 2. The molecule has 1 aromatic heterocycles. The van der Waals surface area contributed by atoms with Crippen molar-refractivity contribution in [2.45, 2.75) is 45.1 Å². The van der Waals surface area contributed by atoms with Crippen molar-refractivity contribution in [3.8, 4) is 0 Å². The van der Waals surface area contributed by atoms with Gasteiger partial charge >= 0.3 is 0 Å². The van der Waals surface area contributed by atoms with Crippen LogP contribution in [0.1, 0.15) is 39.0 Å². The van der Waals surface area contributed by atoms with Crippen LogP contribution in [-0.2, 0) is 0 Å². The third-order valence-electron chi connectivity index (χ3n) is 3.43. The number of nitrogens with one attached hydrogen (secondary N) is 1. The van der Waals surface area contributed by atoms with E-state index in [1.54, 1.807) is 12.4 Å². The molecule has 0 aromatic carbocycles. The highest BCUT2D eigenvalue weighted by molar-refractivity contribution is 5.36. The van der Waals surface area contributed by atoms with E-state index < -0.39 is 0 Å². The van der Waals surface area contributed by atoms with E-state index in [0.717, 1.165) is 5.92 Å². The zero-order chi connectivity index (χ0) is 11.4. The largest absolute Gasteiger partial charge is 0.396 e. The van der Waals surface area contributed by atoms with Gasteiger partial charge in [0.05, 0.1) is 18.1 Å². The number of anilines is 2. The summed E-state index contributed by atoms with van der Waals surface area (Å²) in [5.74, 6) is 1.62. The van der Waals surface area contributed by atoms with Crippen LogP contribution in [-0.4, -0.2) is 16.0 Å². The Labute approximate surface area is 96.7 Å². The molecule has 2 rings (SSSR count). The molecular formula is C12H20N4. The Hall–Kier alpha value is -1.32. The normalized spacial score (nSPS) is 25.3. The van der Waals surface area contributed by atoms with Gasteiger partial charge in [0, 0.05) is 6.04 Å². The Morgan fingerprint density at radius 2 is 1.88 bits per heavy atom. The molecule has 0 amide bonds. The molecule has 0 radical (unpaired) electrons. The molecule has 88 valence electrons. The van der Waals surface area contributed by atoms with Gasteiger partial charge in [-0.05, 0) is 31.6 Å². The first kappa shape index (κ1) is 11.2. The lowest BCUT2D eigenvalue weighted by Crippen LogP contribution is -2.26. The van der Waals surface area contributed by atoms with Crippen molar-refractivity contribution in [2.24, 2.45) is 5.92 Å². The lowest BCUT2D eigenvalue weighted by atomic mass is 9.85. The van der Waals surface area contributed by atoms with Gasteiger partial charge in [-0.25, -0.2) is 9.97 Å². The summed E-state index contributed by atoms with van der Waals surface area (Å²) in [6.45, 7) is 2.28. The van der Waals surface area contributed by atoms with Crippen molar-refractivity contribution in [2.75, 3.05) is 11.1 Å². The van der Waals surface area contributed by atoms with E-state index in [-0.39, 0.29) is 0 Å². The minimum atomic E-state index is 0.534. The first-order chi connectivity index (χ1) is 7.78. The molecule has 1 aliphatic carbocycles. The molecule has 0 bridgehead atoms. The third-order valence-corrected chi connectivity index (χ3v) is 3.43. The van der Waals surface area contributed by atoms with E-state index in [1.807, 2.05) is 0 Å². The summed E-state index contributed by atoms with van der Waals surface area (Å²) in [6.07, 6.45) is 9.70. The summed E-state index contributed by atoms with van der Waals surface area (Å²) in [5, 5.41) is 3.37. The summed E-state index contributed by atoms with van der Waals surface area (Å²) in [7, 11) is 0. The number of nitrogen functional groups attached to an aromatic ring is 1. The van der Waals surface area contributed by atoms with Crippen molar-refractivity contribution < 1.29 is 0 Å². The van der Waals surface area contributed by atoms with Crippen LogP contribution in [0.3, 0.4) is 0 Å². The average Bonchev–Trinajstić information content (AvgIpc) is 2.33. The number of rotatable bonds is 3. The summed E-state index contributed by atoms with van der Waals surface area (Å²) in [4.78, 5) is 8.33. The topological polar surface area (TPSA) is 63.8 Å². The van der Waals surface area contributed by atoms with Crippen LogP contribution in [0.2, 0.25) is 0 Å². The van der Waals surface area contributed by atoms with Gasteiger partial charge in [-0.15, -0.1) is 0 Å². The van der Waals surface area contributed by atoms with Gasteiger partial charge in [-0.3, -0.25) is 0 Å². The lowest BCUT2D eigenvalue weighted by Gasteiger charge is -2.28. The smallest absolute Gasteiger partial charge is 0.222 e. The van der Waals surface area contributed by atoms with E-state index in [4.69, 9.17) is 5.73 Å². The van der Waals surface area contributed by atoms with Gasteiger partial charge in [0.15, 0.2) is 0 Å². The minimum absolute atomic E-state index is 0.534. The summed E-state index contributed by atoms with van der Waals surface area (Å²) in [6, 6.07) is 0.534. The molecule has 0 saturated heterocycles. The summed E-state index contributed by atoms with van der Waals surface area (Å²) >= 11 is 0. The molecule has 16 heavy (non-hydrogen) atoms. The highest BCUT2D eigenvalue weighted by atomic mass is 15.1. The van der Waals surface area contributed by atoms with Gasteiger partial charge in [0.1, 0.15) is 0 Å². The van der Waals surface area contributed by atoms with E-state index in [1.165, 1.54) is 32.1 Å². The maximum Gasteiger partial charge on any atom is 0.222 e. The van der Waals surface area contributed by atoms with Crippen molar-refractivity contribution in [1.29, 1.82) is 0 Å². The zero-order valence-corrected chi connectivity index (χ0v) is 9.82. The third kappa shape index (κ3) is 2.84. The predicted octanol–water partition coefficient (Wildman–Crippen LogP) is 2.44. The molecular weight excluding hydrogens is 200 g/mol. The van der Waals surface area contributed by atoms with E-state index >= 15 is 0 Å². The van der Waals surface area contributed by atoms with Gasteiger partial charge in [-0.2, -0.15) is 0 Å². The molecule has 0 spiro atoms. The fraction of sp³-hybridized carbons (Fsp3) is 0.667. The lowest BCUT2D eigenvalue weighted by molar-refractivity contribution is 0.329. The van der Waals surface area contributed by atoms with Crippen LogP contribution in [0.5, 0.6) is 0 Å². The predicted molar refractivity (Wildman–Crippen MR) is 66.1 cm³/mol. The fourth-order valence-electron chi connectivity index (χ4n) is 2.31. The molecule has 1 fully saturated rings. The van der Waals surface area contributed by atoms with Gasteiger partial charge in [0.2, 0.25) is 5.95 Å². The van der Waals surface area contributed by atoms with Crippen LogP contribution < -0.4 is 11.1 Å². The first-order valence-corrected chi connectivity index (χ1v) is 6.12. The average molecular weight is 220 g/mol.